The van der Waals surface area contributed by atoms with Crippen LogP contribution in [0.5, 0.6) is 0 Å². The number of anilines is 3. The maximum Gasteiger partial charge on any atom is 0.132 e. The molecule has 0 unspecified atom stereocenters. The molecule has 2 N–H and O–H groups in total. The lowest BCUT2D eigenvalue weighted by Gasteiger charge is -2.10. The molecule has 0 aliphatic rings. The summed E-state index contributed by atoms with van der Waals surface area (Å²) >= 11 is 0. The largest absolute Gasteiger partial charge is 0.370 e. The van der Waals surface area contributed by atoms with Crippen LogP contribution in [0.1, 0.15) is 24.5 Å². The molecule has 0 spiro atoms. The zero-order chi connectivity index (χ0) is 14.4. The van der Waals surface area contributed by atoms with Crippen molar-refractivity contribution in [3.05, 3.63) is 47.5 Å². The van der Waals surface area contributed by atoms with E-state index in [-0.39, 0.29) is 0 Å². The van der Waals surface area contributed by atoms with Crippen LogP contribution in [0.25, 0.3) is 0 Å². The number of nitrogens with one attached hydrogen (secondary N) is 2. The number of aromatic nitrogens is 1. The Hall–Kier alpha value is -2.54. The van der Waals surface area contributed by atoms with Crippen molar-refractivity contribution in [3.8, 4) is 6.07 Å². The van der Waals surface area contributed by atoms with Crippen LogP contribution in [-0.4, -0.2) is 11.5 Å². The molecule has 0 aliphatic heterocycles. The zero-order valence-electron chi connectivity index (χ0n) is 11.8. The normalized spacial score (nSPS) is 9.85. The molecular weight excluding hydrogens is 248 g/mol. The summed E-state index contributed by atoms with van der Waals surface area (Å²) in [7, 11) is 0. The Balaban J connectivity index is 2.22. The van der Waals surface area contributed by atoms with Gasteiger partial charge in [-0.3, -0.25) is 0 Å². The van der Waals surface area contributed by atoms with Gasteiger partial charge in [0.25, 0.3) is 0 Å². The van der Waals surface area contributed by atoms with E-state index in [0.29, 0.717) is 5.56 Å². The number of nitrogens with zero attached hydrogens (tertiary/aromatic N) is 2. The number of aryl methyl sites for hydroxylation is 1. The predicted octanol–water partition coefficient (Wildman–Crippen LogP) is 3.83. The number of rotatable bonds is 5. The Morgan fingerprint density at radius 2 is 1.90 bits per heavy atom. The molecular formula is C16H18N4. The third-order valence-electron chi connectivity index (χ3n) is 2.95. The summed E-state index contributed by atoms with van der Waals surface area (Å²) in [5.41, 5.74) is 2.40. The topological polar surface area (TPSA) is 60.7 Å². The molecule has 0 aliphatic carbocycles. The minimum atomic E-state index is 0.654. The molecule has 4 nitrogen and oxygen atoms in total. The van der Waals surface area contributed by atoms with Crippen LogP contribution >= 0.6 is 0 Å². The monoisotopic (exact) mass is 266 g/mol. The van der Waals surface area contributed by atoms with Crippen molar-refractivity contribution in [1.29, 1.82) is 5.26 Å². The van der Waals surface area contributed by atoms with E-state index in [1.165, 1.54) is 0 Å². The van der Waals surface area contributed by atoms with Crippen LogP contribution in [0.4, 0.5) is 17.3 Å². The first-order valence-electron chi connectivity index (χ1n) is 6.72. The first-order valence-corrected chi connectivity index (χ1v) is 6.72. The van der Waals surface area contributed by atoms with E-state index in [1.807, 2.05) is 43.3 Å². The van der Waals surface area contributed by atoms with Crippen molar-refractivity contribution >= 4 is 17.3 Å². The van der Waals surface area contributed by atoms with Gasteiger partial charge in [-0.1, -0.05) is 25.1 Å². The average Bonchev–Trinajstić information content (AvgIpc) is 2.46. The van der Waals surface area contributed by atoms with Crippen molar-refractivity contribution in [2.24, 2.45) is 0 Å². The van der Waals surface area contributed by atoms with E-state index in [1.54, 1.807) is 0 Å². The molecule has 4 heteroatoms. The first-order chi connectivity index (χ1) is 9.74. The quantitative estimate of drug-likeness (QED) is 0.863. The van der Waals surface area contributed by atoms with Crippen LogP contribution in [0.15, 0.2) is 36.4 Å². The van der Waals surface area contributed by atoms with E-state index >= 15 is 0 Å². The van der Waals surface area contributed by atoms with Gasteiger partial charge < -0.3 is 10.6 Å². The fourth-order valence-corrected chi connectivity index (χ4v) is 1.91. The van der Waals surface area contributed by atoms with E-state index in [0.717, 1.165) is 35.9 Å². The summed E-state index contributed by atoms with van der Waals surface area (Å²) in [6.07, 6.45) is 1.05. The average molecular weight is 266 g/mol. The highest BCUT2D eigenvalue weighted by atomic mass is 15.1. The maximum atomic E-state index is 9.23. The van der Waals surface area contributed by atoms with Gasteiger partial charge in [-0.25, -0.2) is 4.98 Å². The van der Waals surface area contributed by atoms with Gasteiger partial charge >= 0.3 is 0 Å². The van der Waals surface area contributed by atoms with Crippen molar-refractivity contribution in [2.75, 3.05) is 17.2 Å². The van der Waals surface area contributed by atoms with E-state index in [9.17, 15) is 5.26 Å². The number of pyridine rings is 1. The fourth-order valence-electron chi connectivity index (χ4n) is 1.91. The van der Waals surface area contributed by atoms with Crippen LogP contribution in [0.2, 0.25) is 0 Å². The molecule has 1 aromatic carbocycles. The van der Waals surface area contributed by atoms with Gasteiger partial charge in [0.1, 0.15) is 17.7 Å². The van der Waals surface area contributed by atoms with Crippen molar-refractivity contribution in [3.63, 3.8) is 0 Å². The third-order valence-corrected chi connectivity index (χ3v) is 2.95. The second-order valence-corrected chi connectivity index (χ2v) is 4.57. The molecule has 102 valence electrons. The molecule has 0 bridgehead atoms. The molecule has 0 saturated heterocycles. The summed E-state index contributed by atoms with van der Waals surface area (Å²) in [4.78, 5) is 4.48. The molecule has 1 aromatic heterocycles. The highest BCUT2D eigenvalue weighted by molar-refractivity contribution is 5.67. The molecule has 0 atom stereocenters. The molecule has 2 aromatic rings. The van der Waals surface area contributed by atoms with Crippen molar-refractivity contribution in [1.82, 2.24) is 4.98 Å². The van der Waals surface area contributed by atoms with Crippen LogP contribution < -0.4 is 10.6 Å². The number of benzene rings is 1. The number of nitriles is 1. The number of hydrogen-bond donors (Lipinski definition) is 2. The summed E-state index contributed by atoms with van der Waals surface area (Å²) in [5.74, 6) is 1.57. The van der Waals surface area contributed by atoms with Crippen molar-refractivity contribution < 1.29 is 0 Å². The lowest BCUT2D eigenvalue weighted by Crippen LogP contribution is -2.03. The molecule has 1 heterocycles. The van der Waals surface area contributed by atoms with Gasteiger partial charge in [-0.2, -0.15) is 5.26 Å². The minimum Gasteiger partial charge on any atom is -0.370 e. The zero-order valence-corrected chi connectivity index (χ0v) is 11.8. The number of hydrogen-bond acceptors (Lipinski definition) is 4. The smallest absolute Gasteiger partial charge is 0.132 e. The minimum absolute atomic E-state index is 0.654. The van der Waals surface area contributed by atoms with E-state index in [4.69, 9.17) is 0 Å². The second-order valence-electron chi connectivity index (χ2n) is 4.57. The Morgan fingerprint density at radius 3 is 2.65 bits per heavy atom. The van der Waals surface area contributed by atoms with Gasteiger partial charge in [0.05, 0.1) is 11.3 Å². The highest BCUT2D eigenvalue weighted by Gasteiger charge is 2.05. The third kappa shape index (κ3) is 3.27. The summed E-state index contributed by atoms with van der Waals surface area (Å²) in [6, 6.07) is 13.7. The molecule has 20 heavy (non-hydrogen) atoms. The fraction of sp³-hybridized carbons (Fsp3) is 0.250. The van der Waals surface area contributed by atoms with Crippen LogP contribution in [0.3, 0.4) is 0 Å². The van der Waals surface area contributed by atoms with Gasteiger partial charge in [-0.15, -0.1) is 0 Å². The summed E-state index contributed by atoms with van der Waals surface area (Å²) in [6.45, 7) is 4.93. The van der Waals surface area contributed by atoms with E-state index < -0.39 is 0 Å². The van der Waals surface area contributed by atoms with E-state index in [2.05, 4.69) is 28.6 Å². The van der Waals surface area contributed by atoms with Crippen LogP contribution in [-0.2, 0) is 0 Å². The van der Waals surface area contributed by atoms with Gasteiger partial charge in [0.2, 0.25) is 0 Å². The molecule has 2 rings (SSSR count). The lowest BCUT2D eigenvalue weighted by atomic mass is 10.1. The standard InChI is InChI=1S/C16H18N4/c1-3-10-18-15-8-5-9-16(20-15)19-14-7-4-6-12(2)13(14)11-17/h4-9H,3,10H2,1-2H3,(H2,18,19,20). The van der Waals surface area contributed by atoms with Crippen molar-refractivity contribution in [2.45, 2.75) is 20.3 Å². The molecule has 0 saturated carbocycles. The highest BCUT2D eigenvalue weighted by Crippen LogP contribution is 2.22. The lowest BCUT2D eigenvalue weighted by molar-refractivity contribution is 0.970. The molecule has 0 fully saturated rings. The van der Waals surface area contributed by atoms with Crippen LogP contribution in [0, 0.1) is 18.3 Å². The Kier molecular flexibility index (Phi) is 4.56. The summed E-state index contributed by atoms with van der Waals surface area (Å²) in [5, 5.41) is 15.7. The summed E-state index contributed by atoms with van der Waals surface area (Å²) < 4.78 is 0. The predicted molar refractivity (Wildman–Crippen MR) is 82.2 cm³/mol. The Labute approximate surface area is 119 Å². The maximum absolute atomic E-state index is 9.23. The Morgan fingerprint density at radius 1 is 1.15 bits per heavy atom. The molecule has 0 amide bonds. The Bertz CT molecular complexity index is 629. The first kappa shape index (κ1) is 13.9. The SMILES string of the molecule is CCCNc1cccc(Nc2cccc(C)c2C#N)n1. The van der Waals surface area contributed by atoms with Gasteiger partial charge in [-0.05, 0) is 37.1 Å². The second kappa shape index (κ2) is 6.58. The van der Waals surface area contributed by atoms with Gasteiger partial charge in [0.15, 0.2) is 0 Å². The molecule has 0 radical (unpaired) electrons. The van der Waals surface area contributed by atoms with Gasteiger partial charge in [0, 0.05) is 6.54 Å².